The van der Waals surface area contributed by atoms with Crippen molar-refractivity contribution in [3.8, 4) is 11.5 Å². The van der Waals surface area contributed by atoms with Gasteiger partial charge in [0, 0.05) is 30.9 Å². The number of hydrogen-bond acceptors (Lipinski definition) is 5. The molecule has 2 heterocycles. The minimum absolute atomic E-state index is 0.103. The highest BCUT2D eigenvalue weighted by Crippen LogP contribution is 2.31. The van der Waals surface area contributed by atoms with Crippen LogP contribution in [0.2, 0.25) is 0 Å². The Labute approximate surface area is 151 Å². The third-order valence-corrected chi connectivity index (χ3v) is 4.44. The SMILES string of the molecule is COc1cc(C)c(CN(C)C(=O)c2cnc3n[nH]c(C)c3c2)cc1OC. The second kappa shape index (κ2) is 7.03. The number of amides is 1. The van der Waals surface area contributed by atoms with Gasteiger partial charge in [-0.1, -0.05) is 0 Å². The van der Waals surface area contributed by atoms with Gasteiger partial charge < -0.3 is 14.4 Å². The lowest BCUT2D eigenvalue weighted by molar-refractivity contribution is 0.0784. The lowest BCUT2D eigenvalue weighted by Gasteiger charge is -2.20. The van der Waals surface area contributed by atoms with Gasteiger partial charge in [0.2, 0.25) is 0 Å². The lowest BCUT2D eigenvalue weighted by Crippen LogP contribution is -2.26. The average Bonchev–Trinajstić information content (AvgIpc) is 3.02. The predicted molar refractivity (Wildman–Crippen MR) is 98.7 cm³/mol. The molecule has 0 atom stereocenters. The molecule has 7 nitrogen and oxygen atoms in total. The predicted octanol–water partition coefficient (Wildman–Crippen LogP) is 2.86. The largest absolute Gasteiger partial charge is 0.493 e. The highest BCUT2D eigenvalue weighted by molar-refractivity contribution is 5.97. The zero-order chi connectivity index (χ0) is 18.8. The summed E-state index contributed by atoms with van der Waals surface area (Å²) in [6.07, 6.45) is 1.56. The normalized spacial score (nSPS) is 10.8. The van der Waals surface area contributed by atoms with Crippen LogP contribution in [0.5, 0.6) is 11.5 Å². The van der Waals surface area contributed by atoms with Gasteiger partial charge in [0.15, 0.2) is 17.1 Å². The number of benzene rings is 1. The summed E-state index contributed by atoms with van der Waals surface area (Å²) >= 11 is 0. The van der Waals surface area contributed by atoms with Crippen LogP contribution in [0.15, 0.2) is 24.4 Å². The first kappa shape index (κ1) is 17.7. The summed E-state index contributed by atoms with van der Waals surface area (Å²) in [5.41, 5.74) is 4.05. The van der Waals surface area contributed by atoms with Crippen LogP contribution >= 0.6 is 0 Å². The van der Waals surface area contributed by atoms with E-state index in [1.807, 2.05) is 32.0 Å². The molecule has 3 rings (SSSR count). The minimum atomic E-state index is -0.103. The number of nitrogens with one attached hydrogen (secondary N) is 1. The average molecular weight is 354 g/mol. The molecule has 0 spiro atoms. The standard InChI is InChI=1S/C19H22N4O3/c1-11-6-16(25-4)17(26-5)8-14(11)10-23(3)19(24)13-7-15-12(2)21-22-18(15)20-9-13/h6-9H,10H2,1-5H3,(H,20,21,22). The number of aromatic nitrogens is 3. The van der Waals surface area contributed by atoms with Crippen molar-refractivity contribution in [2.75, 3.05) is 21.3 Å². The third-order valence-electron chi connectivity index (χ3n) is 4.44. The fraction of sp³-hybridized carbons (Fsp3) is 0.316. The van der Waals surface area contributed by atoms with Crippen LogP contribution in [0.4, 0.5) is 0 Å². The van der Waals surface area contributed by atoms with Gasteiger partial charge in [-0.05, 0) is 43.2 Å². The molecular weight excluding hydrogens is 332 g/mol. The van der Waals surface area contributed by atoms with E-state index < -0.39 is 0 Å². The first-order valence-electron chi connectivity index (χ1n) is 8.22. The molecule has 0 aliphatic heterocycles. The molecule has 0 saturated carbocycles. The van der Waals surface area contributed by atoms with Gasteiger partial charge >= 0.3 is 0 Å². The van der Waals surface area contributed by atoms with Crippen LogP contribution in [0, 0.1) is 13.8 Å². The van der Waals surface area contributed by atoms with Crippen LogP contribution < -0.4 is 9.47 Å². The van der Waals surface area contributed by atoms with E-state index in [9.17, 15) is 4.79 Å². The molecule has 0 radical (unpaired) electrons. The number of aromatic amines is 1. The van der Waals surface area contributed by atoms with Crippen molar-refractivity contribution >= 4 is 16.9 Å². The molecule has 0 saturated heterocycles. The molecule has 7 heteroatoms. The van der Waals surface area contributed by atoms with Gasteiger partial charge in [-0.3, -0.25) is 9.89 Å². The highest BCUT2D eigenvalue weighted by atomic mass is 16.5. The van der Waals surface area contributed by atoms with Crippen LogP contribution in [-0.4, -0.2) is 47.3 Å². The minimum Gasteiger partial charge on any atom is -0.493 e. The van der Waals surface area contributed by atoms with Gasteiger partial charge in [-0.2, -0.15) is 5.10 Å². The first-order chi connectivity index (χ1) is 12.4. The zero-order valence-corrected chi connectivity index (χ0v) is 15.6. The summed E-state index contributed by atoms with van der Waals surface area (Å²) in [6.45, 7) is 4.34. The Kier molecular flexibility index (Phi) is 4.79. The Morgan fingerprint density at radius 1 is 1.15 bits per heavy atom. The van der Waals surface area contributed by atoms with E-state index in [0.29, 0.717) is 29.3 Å². The van der Waals surface area contributed by atoms with E-state index in [-0.39, 0.29) is 5.91 Å². The van der Waals surface area contributed by atoms with Crippen molar-refractivity contribution in [1.82, 2.24) is 20.1 Å². The second-order valence-electron chi connectivity index (χ2n) is 6.24. The number of rotatable bonds is 5. The fourth-order valence-electron chi connectivity index (χ4n) is 2.88. The van der Waals surface area contributed by atoms with E-state index in [1.54, 1.807) is 32.4 Å². The second-order valence-corrected chi connectivity index (χ2v) is 6.24. The molecule has 2 aromatic heterocycles. The summed E-state index contributed by atoms with van der Waals surface area (Å²) in [5.74, 6) is 1.22. The summed E-state index contributed by atoms with van der Waals surface area (Å²) in [7, 11) is 4.97. The first-order valence-corrected chi connectivity index (χ1v) is 8.22. The molecule has 0 bridgehead atoms. The van der Waals surface area contributed by atoms with Crippen molar-refractivity contribution in [2.24, 2.45) is 0 Å². The van der Waals surface area contributed by atoms with E-state index in [4.69, 9.17) is 9.47 Å². The number of fused-ring (bicyclic) bond motifs is 1. The smallest absolute Gasteiger partial charge is 0.255 e. The number of carbonyl (C=O) groups is 1. The van der Waals surface area contributed by atoms with Crippen molar-refractivity contribution < 1.29 is 14.3 Å². The molecule has 136 valence electrons. The Morgan fingerprint density at radius 3 is 2.54 bits per heavy atom. The topological polar surface area (TPSA) is 80.3 Å². The number of aryl methyl sites for hydroxylation is 2. The van der Waals surface area contributed by atoms with Crippen LogP contribution in [0.3, 0.4) is 0 Å². The molecule has 0 fully saturated rings. The summed E-state index contributed by atoms with van der Waals surface area (Å²) in [4.78, 5) is 18.7. The number of methoxy groups -OCH3 is 2. The maximum Gasteiger partial charge on any atom is 0.255 e. The molecule has 1 amide bonds. The quantitative estimate of drug-likeness (QED) is 0.762. The summed E-state index contributed by atoms with van der Waals surface area (Å²) < 4.78 is 10.7. The Morgan fingerprint density at radius 2 is 1.85 bits per heavy atom. The van der Waals surface area contributed by atoms with Gasteiger partial charge in [-0.25, -0.2) is 4.98 Å². The van der Waals surface area contributed by atoms with E-state index >= 15 is 0 Å². The third kappa shape index (κ3) is 3.20. The maximum absolute atomic E-state index is 12.8. The number of nitrogens with zero attached hydrogens (tertiary/aromatic N) is 3. The number of H-pyrrole nitrogens is 1. The fourth-order valence-corrected chi connectivity index (χ4v) is 2.88. The van der Waals surface area contributed by atoms with Crippen LogP contribution in [-0.2, 0) is 6.54 Å². The molecule has 26 heavy (non-hydrogen) atoms. The van der Waals surface area contributed by atoms with Crippen molar-refractivity contribution in [1.29, 1.82) is 0 Å². The highest BCUT2D eigenvalue weighted by Gasteiger charge is 2.17. The molecule has 0 aliphatic carbocycles. The van der Waals surface area contributed by atoms with E-state index in [1.165, 1.54) is 0 Å². The van der Waals surface area contributed by atoms with E-state index in [0.717, 1.165) is 22.2 Å². The zero-order valence-electron chi connectivity index (χ0n) is 15.6. The Balaban J connectivity index is 1.85. The van der Waals surface area contributed by atoms with Gasteiger partial charge in [0.25, 0.3) is 5.91 Å². The molecule has 1 N–H and O–H groups in total. The van der Waals surface area contributed by atoms with Crippen molar-refractivity contribution in [3.05, 3.63) is 46.8 Å². The summed E-state index contributed by atoms with van der Waals surface area (Å²) in [6, 6.07) is 5.63. The molecule has 3 aromatic rings. The molecule has 1 aromatic carbocycles. The number of ether oxygens (including phenoxy) is 2. The number of carbonyl (C=O) groups excluding carboxylic acids is 1. The van der Waals surface area contributed by atoms with Crippen molar-refractivity contribution in [2.45, 2.75) is 20.4 Å². The van der Waals surface area contributed by atoms with Crippen LogP contribution in [0.1, 0.15) is 27.2 Å². The Hall–Kier alpha value is -3.09. The number of hydrogen-bond donors (Lipinski definition) is 1. The lowest BCUT2D eigenvalue weighted by atomic mass is 10.1. The van der Waals surface area contributed by atoms with Crippen LogP contribution in [0.25, 0.3) is 11.0 Å². The maximum atomic E-state index is 12.8. The molecule has 0 aliphatic rings. The van der Waals surface area contributed by atoms with E-state index in [2.05, 4.69) is 15.2 Å². The molecule has 0 unspecified atom stereocenters. The molecular formula is C19H22N4O3. The summed E-state index contributed by atoms with van der Waals surface area (Å²) in [5, 5.41) is 7.82. The van der Waals surface area contributed by atoms with Crippen molar-refractivity contribution in [3.63, 3.8) is 0 Å². The monoisotopic (exact) mass is 354 g/mol. The number of pyridine rings is 1. The Bertz CT molecular complexity index is 965. The van der Waals surface area contributed by atoms with Gasteiger partial charge in [0.05, 0.1) is 19.8 Å². The van der Waals surface area contributed by atoms with Gasteiger partial charge in [0.1, 0.15) is 0 Å². The van der Waals surface area contributed by atoms with Gasteiger partial charge in [-0.15, -0.1) is 0 Å².